The van der Waals surface area contributed by atoms with Gasteiger partial charge in [-0.3, -0.25) is 14.6 Å². The van der Waals surface area contributed by atoms with Crippen molar-refractivity contribution in [3.63, 3.8) is 0 Å². The molecule has 0 aliphatic carbocycles. The van der Waals surface area contributed by atoms with E-state index in [2.05, 4.69) is 15.6 Å². The fraction of sp³-hybridized carbons (Fsp3) is 0.174. The Kier molecular flexibility index (Phi) is 7.00. The minimum absolute atomic E-state index is 0.0943. The van der Waals surface area contributed by atoms with E-state index in [0.29, 0.717) is 23.8 Å². The summed E-state index contributed by atoms with van der Waals surface area (Å²) in [7, 11) is 0. The lowest BCUT2D eigenvalue weighted by atomic mass is 10.2. The number of hydrogen-bond donors (Lipinski definition) is 2. The van der Waals surface area contributed by atoms with E-state index in [1.807, 2.05) is 50.2 Å². The number of nitrogens with zero attached hydrogens (tertiary/aromatic N) is 1. The molecule has 154 valence electrons. The van der Waals surface area contributed by atoms with E-state index in [1.165, 1.54) is 0 Å². The maximum absolute atomic E-state index is 12.0. The molecule has 1 heterocycles. The van der Waals surface area contributed by atoms with Gasteiger partial charge in [0, 0.05) is 5.69 Å². The fourth-order valence-electron chi connectivity index (χ4n) is 2.56. The number of nitrogens with one attached hydrogen (secondary N) is 2. The van der Waals surface area contributed by atoms with E-state index in [9.17, 15) is 9.59 Å². The first kappa shape index (κ1) is 20.9. The topological polar surface area (TPSA) is 92.9 Å². The molecule has 0 saturated heterocycles. The second kappa shape index (κ2) is 10.1. The summed E-state index contributed by atoms with van der Waals surface area (Å²) in [6.45, 7) is 4.58. The van der Waals surface area contributed by atoms with Crippen molar-refractivity contribution in [3.05, 3.63) is 77.7 Å². The number of carbonyl (C=O) groups excluding carboxylic acids is 2. The van der Waals surface area contributed by atoms with Gasteiger partial charge in [0.15, 0.2) is 0 Å². The molecule has 0 atom stereocenters. The van der Waals surface area contributed by atoms with Crippen LogP contribution in [0, 0.1) is 6.92 Å². The van der Waals surface area contributed by atoms with Crippen LogP contribution >= 0.6 is 0 Å². The maximum atomic E-state index is 12.0. The van der Waals surface area contributed by atoms with E-state index in [1.54, 1.807) is 30.5 Å². The summed E-state index contributed by atoms with van der Waals surface area (Å²) >= 11 is 0. The van der Waals surface area contributed by atoms with Crippen molar-refractivity contribution in [1.82, 2.24) is 5.32 Å². The van der Waals surface area contributed by atoms with Crippen LogP contribution in [0.4, 0.5) is 11.4 Å². The zero-order valence-corrected chi connectivity index (χ0v) is 16.8. The molecule has 0 aliphatic rings. The minimum Gasteiger partial charge on any atom is -0.494 e. The summed E-state index contributed by atoms with van der Waals surface area (Å²) < 4.78 is 11.0. The lowest BCUT2D eigenvalue weighted by Gasteiger charge is -2.05. The summed E-state index contributed by atoms with van der Waals surface area (Å²) in [6, 6.07) is 18.0. The van der Waals surface area contributed by atoms with E-state index in [0.717, 1.165) is 17.0 Å². The highest BCUT2D eigenvalue weighted by Crippen LogP contribution is 2.18. The summed E-state index contributed by atoms with van der Waals surface area (Å²) in [5, 5.41) is 5.08. The predicted molar refractivity (Wildman–Crippen MR) is 115 cm³/mol. The summed E-state index contributed by atoms with van der Waals surface area (Å²) in [6.07, 6.45) is 1.59. The van der Waals surface area contributed by atoms with E-state index in [-0.39, 0.29) is 6.54 Å². The number of amides is 2. The van der Waals surface area contributed by atoms with E-state index >= 15 is 0 Å². The average Bonchev–Trinajstić information content (AvgIpc) is 3.21. The zero-order valence-electron chi connectivity index (χ0n) is 16.8. The minimum atomic E-state index is -0.739. The van der Waals surface area contributed by atoms with Crippen LogP contribution in [0.25, 0.3) is 0 Å². The van der Waals surface area contributed by atoms with Gasteiger partial charge in [0.2, 0.25) is 0 Å². The number of anilines is 1. The molecule has 3 rings (SSSR count). The highest BCUT2D eigenvalue weighted by molar-refractivity contribution is 6.39. The Morgan fingerprint density at radius 2 is 1.73 bits per heavy atom. The molecule has 7 nitrogen and oxygen atoms in total. The molecule has 1 aromatic heterocycles. The van der Waals surface area contributed by atoms with E-state index in [4.69, 9.17) is 9.15 Å². The maximum Gasteiger partial charge on any atom is 0.313 e. The average molecular weight is 405 g/mol. The molecular weight excluding hydrogens is 382 g/mol. The Morgan fingerprint density at radius 1 is 1.00 bits per heavy atom. The Morgan fingerprint density at radius 3 is 2.43 bits per heavy atom. The molecule has 3 aromatic rings. The van der Waals surface area contributed by atoms with Gasteiger partial charge in [0.1, 0.15) is 17.3 Å². The van der Waals surface area contributed by atoms with Gasteiger partial charge in [0.05, 0.1) is 25.1 Å². The van der Waals surface area contributed by atoms with Gasteiger partial charge in [0.25, 0.3) is 0 Å². The van der Waals surface area contributed by atoms with Crippen molar-refractivity contribution >= 4 is 29.4 Å². The molecule has 0 spiro atoms. The van der Waals surface area contributed by atoms with Gasteiger partial charge in [-0.15, -0.1) is 0 Å². The smallest absolute Gasteiger partial charge is 0.313 e. The monoisotopic (exact) mass is 405 g/mol. The number of aryl methyl sites for hydroxylation is 1. The number of ether oxygens (including phenoxy) is 1. The molecule has 0 saturated carbocycles. The first-order valence-electron chi connectivity index (χ1n) is 9.55. The molecule has 2 N–H and O–H groups in total. The van der Waals surface area contributed by atoms with Gasteiger partial charge in [-0.2, -0.15) is 0 Å². The van der Waals surface area contributed by atoms with Crippen LogP contribution in [0.3, 0.4) is 0 Å². The highest BCUT2D eigenvalue weighted by atomic mass is 16.5. The largest absolute Gasteiger partial charge is 0.494 e. The number of hydrogen-bond acceptors (Lipinski definition) is 5. The van der Waals surface area contributed by atoms with Gasteiger partial charge in [-0.1, -0.05) is 17.7 Å². The van der Waals surface area contributed by atoms with Crippen LogP contribution in [0.15, 0.2) is 70.1 Å². The van der Waals surface area contributed by atoms with Crippen molar-refractivity contribution in [3.8, 4) is 5.75 Å². The Labute approximate surface area is 174 Å². The molecule has 0 radical (unpaired) electrons. The van der Waals surface area contributed by atoms with E-state index < -0.39 is 11.8 Å². The standard InChI is InChI=1S/C23H23N3O4/c1-3-29-19-10-8-17(9-11-19)24-14-20-12-13-21(30-20)15-25-22(27)23(28)26-18-6-4-16(2)5-7-18/h4-14H,3,15H2,1-2H3,(H,25,27)(H,26,28). The Balaban J connectivity index is 1.49. The van der Waals surface area contributed by atoms with Gasteiger partial charge < -0.3 is 19.8 Å². The quantitative estimate of drug-likeness (QED) is 0.459. The van der Waals surface area contributed by atoms with Crippen molar-refractivity contribution in [2.45, 2.75) is 20.4 Å². The predicted octanol–water partition coefficient (Wildman–Crippen LogP) is 3.99. The van der Waals surface area contributed by atoms with Crippen molar-refractivity contribution in [2.75, 3.05) is 11.9 Å². The molecule has 7 heteroatoms. The van der Waals surface area contributed by atoms with Crippen LogP contribution in [-0.4, -0.2) is 24.6 Å². The molecule has 0 aliphatic heterocycles. The van der Waals surface area contributed by atoms with Crippen molar-refractivity contribution < 1.29 is 18.7 Å². The fourth-order valence-corrected chi connectivity index (χ4v) is 2.56. The lowest BCUT2D eigenvalue weighted by Crippen LogP contribution is -2.34. The summed E-state index contributed by atoms with van der Waals surface area (Å²) in [5.41, 5.74) is 2.39. The van der Waals surface area contributed by atoms with Gasteiger partial charge >= 0.3 is 11.8 Å². The van der Waals surface area contributed by atoms with Crippen LogP contribution in [-0.2, 0) is 16.1 Å². The Hall–Kier alpha value is -3.87. The van der Waals surface area contributed by atoms with Crippen LogP contribution in [0.1, 0.15) is 24.0 Å². The molecule has 2 aromatic carbocycles. The third-order valence-electron chi connectivity index (χ3n) is 4.11. The zero-order chi connectivity index (χ0) is 21.3. The third-order valence-corrected chi connectivity index (χ3v) is 4.11. The van der Waals surface area contributed by atoms with Crippen LogP contribution < -0.4 is 15.4 Å². The van der Waals surface area contributed by atoms with Crippen LogP contribution in [0.5, 0.6) is 5.75 Å². The second-order valence-electron chi connectivity index (χ2n) is 6.49. The lowest BCUT2D eigenvalue weighted by molar-refractivity contribution is -0.136. The molecule has 0 fully saturated rings. The van der Waals surface area contributed by atoms with Crippen LogP contribution in [0.2, 0.25) is 0 Å². The first-order chi connectivity index (χ1) is 14.5. The van der Waals surface area contributed by atoms with Gasteiger partial charge in [-0.05, 0) is 62.4 Å². The first-order valence-corrected chi connectivity index (χ1v) is 9.55. The molecule has 2 amide bonds. The number of aliphatic imine (C=N–C) groups is 1. The molecule has 30 heavy (non-hydrogen) atoms. The number of furan rings is 1. The van der Waals surface area contributed by atoms with Gasteiger partial charge in [-0.25, -0.2) is 0 Å². The normalized spacial score (nSPS) is 10.7. The second-order valence-corrected chi connectivity index (χ2v) is 6.49. The number of carbonyl (C=O) groups is 2. The van der Waals surface area contributed by atoms with Crippen molar-refractivity contribution in [2.24, 2.45) is 4.99 Å². The summed E-state index contributed by atoms with van der Waals surface area (Å²) in [5.74, 6) is 0.370. The Bertz CT molecular complexity index is 1020. The summed E-state index contributed by atoms with van der Waals surface area (Å²) in [4.78, 5) is 28.3. The molecule has 0 unspecified atom stereocenters. The highest BCUT2D eigenvalue weighted by Gasteiger charge is 2.14. The number of benzene rings is 2. The SMILES string of the molecule is CCOc1ccc(N=Cc2ccc(CNC(=O)C(=O)Nc3ccc(C)cc3)o2)cc1. The molecule has 0 bridgehead atoms. The third kappa shape index (κ3) is 6.07. The number of rotatable bonds is 7. The van der Waals surface area contributed by atoms with Crippen molar-refractivity contribution in [1.29, 1.82) is 0 Å². The molecular formula is C23H23N3O4.